The lowest BCUT2D eigenvalue weighted by Crippen LogP contribution is -2.18. The summed E-state index contributed by atoms with van der Waals surface area (Å²) in [6, 6.07) is 19.9. The van der Waals surface area contributed by atoms with Crippen LogP contribution in [-0.4, -0.2) is 32.4 Å². The minimum Gasteiger partial charge on any atom is -0.508 e. The number of phenolic OH excluding ortho intramolecular Hbond substituents is 2. The van der Waals surface area contributed by atoms with Crippen LogP contribution in [0.1, 0.15) is 45.7 Å². The topological polar surface area (TPSA) is 115 Å². The molecular weight excluding hydrogens is 372 g/mol. The van der Waals surface area contributed by atoms with E-state index < -0.39 is 11.9 Å². The summed E-state index contributed by atoms with van der Waals surface area (Å²) in [4.78, 5) is 20.9. The number of aromatic carboxylic acids is 2. The van der Waals surface area contributed by atoms with Crippen LogP contribution in [0.4, 0.5) is 0 Å². The Morgan fingerprint density at radius 3 is 1.21 bits per heavy atom. The average molecular weight is 394 g/mol. The van der Waals surface area contributed by atoms with Crippen molar-refractivity contribution in [3.8, 4) is 11.5 Å². The van der Waals surface area contributed by atoms with E-state index in [4.69, 9.17) is 10.2 Å². The van der Waals surface area contributed by atoms with Crippen molar-refractivity contribution in [3.63, 3.8) is 0 Å². The van der Waals surface area contributed by atoms with Crippen molar-refractivity contribution in [3.05, 3.63) is 95.1 Å². The zero-order valence-corrected chi connectivity index (χ0v) is 16.0. The maximum absolute atomic E-state index is 10.5. The third-order valence-electron chi connectivity index (χ3n) is 4.57. The van der Waals surface area contributed by atoms with Gasteiger partial charge in [-0.1, -0.05) is 50.2 Å². The summed E-state index contributed by atoms with van der Waals surface area (Å²) in [7, 11) is 0. The van der Waals surface area contributed by atoms with Gasteiger partial charge in [-0.3, -0.25) is 0 Å². The molecule has 6 heteroatoms. The van der Waals surface area contributed by atoms with E-state index in [-0.39, 0.29) is 28.0 Å². The molecular formula is C23H22O6. The number of carbonyl (C=O) groups is 2. The molecule has 0 radical (unpaired) electrons. The second-order valence-electron chi connectivity index (χ2n) is 6.87. The van der Waals surface area contributed by atoms with Gasteiger partial charge in [-0.05, 0) is 47.5 Å². The Morgan fingerprint density at radius 2 is 0.931 bits per heavy atom. The van der Waals surface area contributed by atoms with Crippen molar-refractivity contribution >= 4 is 11.9 Å². The summed E-state index contributed by atoms with van der Waals surface area (Å²) in [6.45, 7) is 4.23. The summed E-state index contributed by atoms with van der Waals surface area (Å²) >= 11 is 0. The van der Waals surface area contributed by atoms with E-state index >= 15 is 0 Å². The fourth-order valence-electron chi connectivity index (χ4n) is 2.78. The molecule has 0 bridgehead atoms. The molecule has 6 nitrogen and oxygen atoms in total. The standard InChI is InChI=1S/C15H16O2.C8H6O4/c1-15(2,11-3-7-13(16)8-4-11)12-5-9-14(17)10-6-12;9-7(10)5-3-1-2-4-6(5)8(11)12/h3-10,16-17H,1-2H3;1-4H,(H,9,10)(H,11,12). The first-order valence-electron chi connectivity index (χ1n) is 8.77. The molecule has 150 valence electrons. The minimum atomic E-state index is -1.23. The number of carboxylic acid groups (broad SMARTS) is 2. The number of carboxylic acids is 2. The second kappa shape index (κ2) is 8.93. The Hall–Kier alpha value is -3.80. The fraction of sp³-hybridized carbons (Fsp3) is 0.130. The SMILES string of the molecule is CC(C)(c1ccc(O)cc1)c1ccc(O)cc1.O=C(O)c1ccccc1C(=O)O. The van der Waals surface area contributed by atoms with E-state index in [1.165, 1.54) is 24.3 Å². The quantitative estimate of drug-likeness (QED) is 0.518. The van der Waals surface area contributed by atoms with Gasteiger partial charge in [-0.25, -0.2) is 9.59 Å². The average Bonchev–Trinajstić information content (AvgIpc) is 2.69. The maximum atomic E-state index is 10.5. The molecule has 0 spiro atoms. The molecule has 0 atom stereocenters. The summed E-state index contributed by atoms with van der Waals surface area (Å²) < 4.78 is 0. The highest BCUT2D eigenvalue weighted by Gasteiger charge is 2.22. The number of benzene rings is 3. The number of rotatable bonds is 4. The van der Waals surface area contributed by atoms with Gasteiger partial charge in [-0.15, -0.1) is 0 Å². The fourth-order valence-corrected chi connectivity index (χ4v) is 2.78. The molecule has 3 aromatic rings. The zero-order valence-electron chi connectivity index (χ0n) is 16.0. The van der Waals surface area contributed by atoms with Crippen molar-refractivity contribution in [2.75, 3.05) is 0 Å². The molecule has 0 heterocycles. The van der Waals surface area contributed by atoms with E-state index in [1.54, 1.807) is 24.3 Å². The Bertz CT molecular complexity index is 908. The lowest BCUT2D eigenvalue weighted by Gasteiger charge is -2.26. The Balaban J connectivity index is 0.000000221. The third kappa shape index (κ3) is 5.35. The summed E-state index contributed by atoms with van der Waals surface area (Å²) in [6.07, 6.45) is 0. The van der Waals surface area contributed by atoms with E-state index in [1.807, 2.05) is 24.3 Å². The molecule has 29 heavy (non-hydrogen) atoms. The van der Waals surface area contributed by atoms with Gasteiger partial charge in [0.15, 0.2) is 0 Å². The summed E-state index contributed by atoms with van der Waals surface area (Å²) in [5.74, 6) is -1.91. The maximum Gasteiger partial charge on any atom is 0.336 e. The van der Waals surface area contributed by atoms with E-state index in [9.17, 15) is 19.8 Å². The highest BCUT2D eigenvalue weighted by Crippen LogP contribution is 2.32. The lowest BCUT2D eigenvalue weighted by molar-refractivity contribution is 0.0651. The van der Waals surface area contributed by atoms with Crippen LogP contribution in [0.3, 0.4) is 0 Å². The third-order valence-corrected chi connectivity index (χ3v) is 4.57. The van der Waals surface area contributed by atoms with E-state index in [0.717, 1.165) is 11.1 Å². The van der Waals surface area contributed by atoms with Crippen LogP contribution in [0.2, 0.25) is 0 Å². The van der Waals surface area contributed by atoms with Crippen molar-refractivity contribution in [2.24, 2.45) is 0 Å². The van der Waals surface area contributed by atoms with Crippen molar-refractivity contribution in [2.45, 2.75) is 19.3 Å². The molecule has 0 unspecified atom stereocenters. The van der Waals surface area contributed by atoms with Gasteiger partial charge in [0.2, 0.25) is 0 Å². The molecule has 0 saturated heterocycles. The van der Waals surface area contributed by atoms with E-state index in [2.05, 4.69) is 13.8 Å². The van der Waals surface area contributed by atoms with Crippen molar-refractivity contribution < 1.29 is 30.0 Å². The molecule has 0 aliphatic heterocycles. The van der Waals surface area contributed by atoms with Gasteiger partial charge >= 0.3 is 11.9 Å². The predicted molar refractivity (Wildman–Crippen MR) is 109 cm³/mol. The van der Waals surface area contributed by atoms with Crippen molar-refractivity contribution in [1.82, 2.24) is 0 Å². The van der Waals surface area contributed by atoms with Gasteiger partial charge in [0.25, 0.3) is 0 Å². The Kier molecular flexibility index (Phi) is 6.62. The van der Waals surface area contributed by atoms with Gasteiger partial charge in [-0.2, -0.15) is 0 Å². The molecule has 0 fully saturated rings. The highest BCUT2D eigenvalue weighted by molar-refractivity contribution is 6.01. The molecule has 4 N–H and O–H groups in total. The van der Waals surface area contributed by atoms with Crippen LogP contribution in [-0.2, 0) is 5.41 Å². The normalized spacial score (nSPS) is 10.6. The number of aromatic hydroxyl groups is 2. The second-order valence-corrected chi connectivity index (χ2v) is 6.87. The zero-order chi connectivity index (χ0) is 21.6. The highest BCUT2D eigenvalue weighted by atomic mass is 16.4. The monoisotopic (exact) mass is 394 g/mol. The number of phenols is 2. The van der Waals surface area contributed by atoms with Gasteiger partial charge in [0, 0.05) is 5.41 Å². The molecule has 0 amide bonds. The van der Waals surface area contributed by atoms with Gasteiger partial charge in [0.1, 0.15) is 11.5 Å². The first-order chi connectivity index (χ1) is 13.6. The first kappa shape index (κ1) is 21.5. The van der Waals surface area contributed by atoms with Gasteiger partial charge in [0.05, 0.1) is 11.1 Å². The van der Waals surface area contributed by atoms with Crippen molar-refractivity contribution in [1.29, 1.82) is 0 Å². The number of hydrogen-bond acceptors (Lipinski definition) is 4. The van der Waals surface area contributed by atoms with Crippen LogP contribution >= 0.6 is 0 Å². The van der Waals surface area contributed by atoms with Gasteiger partial charge < -0.3 is 20.4 Å². The van der Waals surface area contributed by atoms with Crippen LogP contribution in [0.25, 0.3) is 0 Å². The molecule has 3 aromatic carbocycles. The number of hydrogen-bond donors (Lipinski definition) is 4. The van der Waals surface area contributed by atoms with Crippen LogP contribution in [0.5, 0.6) is 11.5 Å². The van der Waals surface area contributed by atoms with E-state index in [0.29, 0.717) is 0 Å². The molecule has 0 aliphatic rings. The molecule has 0 aliphatic carbocycles. The first-order valence-corrected chi connectivity index (χ1v) is 8.77. The van der Waals surface area contributed by atoms with Crippen LogP contribution < -0.4 is 0 Å². The summed E-state index contributed by atoms with van der Waals surface area (Å²) in [5.41, 5.74) is 1.72. The Labute approximate surface area is 168 Å². The minimum absolute atomic E-state index is 0.151. The smallest absolute Gasteiger partial charge is 0.336 e. The van der Waals surface area contributed by atoms with Crippen LogP contribution in [0, 0.1) is 0 Å². The molecule has 0 aromatic heterocycles. The largest absolute Gasteiger partial charge is 0.508 e. The Morgan fingerprint density at radius 1 is 0.621 bits per heavy atom. The van der Waals surface area contributed by atoms with Crippen LogP contribution in [0.15, 0.2) is 72.8 Å². The summed E-state index contributed by atoms with van der Waals surface area (Å²) in [5, 5.41) is 35.7. The lowest BCUT2D eigenvalue weighted by atomic mass is 9.78. The molecule has 3 rings (SSSR count). The predicted octanol–water partition coefficient (Wildman–Crippen LogP) is 4.51. The molecule has 0 saturated carbocycles.